The Labute approximate surface area is 131 Å². The van der Waals surface area contributed by atoms with Gasteiger partial charge in [-0.2, -0.15) is 5.10 Å². The number of hydrogen-bond donors (Lipinski definition) is 2. The minimum atomic E-state index is -1.17. The number of benzene rings is 1. The van der Waals surface area contributed by atoms with E-state index in [1.54, 1.807) is 6.07 Å². The average Bonchev–Trinajstić information content (AvgIpc) is 3.31. The van der Waals surface area contributed by atoms with Crippen LogP contribution < -0.4 is 10.9 Å². The molecule has 1 aromatic heterocycles. The van der Waals surface area contributed by atoms with Gasteiger partial charge in [0.05, 0.1) is 5.69 Å². The first-order valence-corrected chi connectivity index (χ1v) is 7.18. The first-order valence-electron chi connectivity index (χ1n) is 7.18. The summed E-state index contributed by atoms with van der Waals surface area (Å²) in [6.07, 6.45) is 0.806. The van der Waals surface area contributed by atoms with Crippen LogP contribution in [0.25, 0.3) is 11.3 Å². The number of carboxylic acid groups (broad SMARTS) is 1. The van der Waals surface area contributed by atoms with E-state index in [2.05, 4.69) is 10.4 Å². The number of hydrogen-bond acceptors (Lipinski definition) is 4. The highest BCUT2D eigenvalue weighted by atomic mass is 16.4. The van der Waals surface area contributed by atoms with Gasteiger partial charge in [-0.3, -0.25) is 9.59 Å². The highest BCUT2D eigenvalue weighted by molar-refractivity contribution is 5.89. The Morgan fingerprint density at radius 3 is 2.48 bits per heavy atom. The molecule has 7 nitrogen and oxygen atoms in total. The lowest BCUT2D eigenvalue weighted by atomic mass is 10.1. The normalized spacial score (nSPS) is 15.0. The van der Waals surface area contributed by atoms with Gasteiger partial charge in [0.2, 0.25) is 5.91 Å². The summed E-state index contributed by atoms with van der Waals surface area (Å²) in [5.41, 5.74) is -0.194. The summed E-state index contributed by atoms with van der Waals surface area (Å²) in [6.45, 7) is -0.311. The average molecular weight is 313 g/mol. The van der Waals surface area contributed by atoms with E-state index >= 15 is 0 Å². The van der Waals surface area contributed by atoms with Crippen molar-refractivity contribution >= 4 is 11.9 Å². The first-order chi connectivity index (χ1) is 11.0. The molecule has 0 saturated heterocycles. The number of aromatic nitrogens is 2. The summed E-state index contributed by atoms with van der Waals surface area (Å²) in [4.78, 5) is 34.9. The van der Waals surface area contributed by atoms with E-state index in [9.17, 15) is 14.4 Å². The van der Waals surface area contributed by atoms with Crippen molar-refractivity contribution in [2.75, 3.05) is 0 Å². The molecule has 2 aromatic rings. The molecule has 0 atom stereocenters. The molecule has 7 heteroatoms. The second kappa shape index (κ2) is 5.68. The molecule has 0 aliphatic heterocycles. The summed E-state index contributed by atoms with van der Waals surface area (Å²) in [5.74, 6) is -1.59. The molecule has 118 valence electrons. The highest BCUT2D eigenvalue weighted by Crippen LogP contribution is 2.35. The number of carbonyl (C=O) groups excluding carboxylic acids is 1. The standard InChI is InChI=1S/C16H15N3O4/c20-13(17-16(8-9-16)15(22)23)10-19-14(21)7-6-12(18-19)11-4-2-1-3-5-11/h1-7H,8-10H2,(H,17,20)(H,22,23). The van der Waals surface area contributed by atoms with E-state index in [0.717, 1.165) is 10.2 Å². The highest BCUT2D eigenvalue weighted by Gasteiger charge is 2.51. The number of amides is 1. The van der Waals surface area contributed by atoms with Gasteiger partial charge in [-0.1, -0.05) is 30.3 Å². The Hall–Kier alpha value is -2.96. The number of rotatable bonds is 5. The van der Waals surface area contributed by atoms with Crippen LogP contribution in [0.4, 0.5) is 0 Å². The zero-order valence-electron chi connectivity index (χ0n) is 12.2. The summed E-state index contributed by atoms with van der Waals surface area (Å²) in [5, 5.41) is 15.7. The van der Waals surface area contributed by atoms with E-state index in [0.29, 0.717) is 18.5 Å². The fraction of sp³-hybridized carbons (Fsp3) is 0.250. The summed E-state index contributed by atoms with van der Waals surface area (Å²) >= 11 is 0. The number of nitrogens with one attached hydrogen (secondary N) is 1. The fourth-order valence-electron chi connectivity index (χ4n) is 2.28. The molecular formula is C16H15N3O4. The van der Waals surface area contributed by atoms with Gasteiger partial charge < -0.3 is 10.4 Å². The molecule has 1 heterocycles. The van der Waals surface area contributed by atoms with Crippen LogP contribution in [0, 0.1) is 0 Å². The number of nitrogens with zero attached hydrogens (tertiary/aromatic N) is 2. The maximum absolute atomic E-state index is 12.0. The topological polar surface area (TPSA) is 101 Å². The second-order valence-electron chi connectivity index (χ2n) is 5.52. The van der Waals surface area contributed by atoms with Crippen LogP contribution in [0.3, 0.4) is 0 Å². The van der Waals surface area contributed by atoms with E-state index in [-0.39, 0.29) is 6.54 Å². The second-order valence-corrected chi connectivity index (χ2v) is 5.52. The van der Waals surface area contributed by atoms with Gasteiger partial charge in [-0.25, -0.2) is 9.48 Å². The lowest BCUT2D eigenvalue weighted by molar-refractivity contribution is -0.143. The number of carboxylic acids is 1. The SMILES string of the molecule is O=C(Cn1nc(-c2ccccc2)ccc1=O)NC1(C(=O)O)CC1. The minimum Gasteiger partial charge on any atom is -0.480 e. The van der Waals surface area contributed by atoms with Crippen molar-refractivity contribution in [3.63, 3.8) is 0 Å². The maximum atomic E-state index is 12.0. The maximum Gasteiger partial charge on any atom is 0.329 e. The molecule has 0 radical (unpaired) electrons. The Balaban J connectivity index is 1.79. The van der Waals surface area contributed by atoms with Gasteiger partial charge in [0, 0.05) is 11.6 Å². The third-order valence-corrected chi connectivity index (χ3v) is 3.77. The molecule has 0 spiro atoms. The van der Waals surface area contributed by atoms with Crippen LogP contribution in [0.1, 0.15) is 12.8 Å². The summed E-state index contributed by atoms with van der Waals surface area (Å²) in [6, 6.07) is 12.2. The first kappa shape index (κ1) is 15.0. The molecule has 2 N–H and O–H groups in total. The monoisotopic (exact) mass is 313 g/mol. The predicted molar refractivity (Wildman–Crippen MR) is 81.7 cm³/mol. The third-order valence-electron chi connectivity index (χ3n) is 3.77. The summed E-state index contributed by atoms with van der Waals surface area (Å²) < 4.78 is 1.04. The molecule has 3 rings (SSSR count). The van der Waals surface area contributed by atoms with Crippen LogP contribution in [-0.2, 0) is 16.1 Å². The quantitative estimate of drug-likeness (QED) is 0.843. The van der Waals surface area contributed by atoms with Gasteiger partial charge in [-0.05, 0) is 18.9 Å². The Bertz CT molecular complexity index is 810. The Morgan fingerprint density at radius 2 is 1.87 bits per heavy atom. The molecule has 1 saturated carbocycles. The van der Waals surface area contributed by atoms with Crippen LogP contribution >= 0.6 is 0 Å². The zero-order valence-corrected chi connectivity index (χ0v) is 12.2. The van der Waals surface area contributed by atoms with Crippen LogP contribution in [-0.4, -0.2) is 32.3 Å². The summed E-state index contributed by atoms with van der Waals surface area (Å²) in [7, 11) is 0. The van der Waals surface area contributed by atoms with E-state index < -0.39 is 23.0 Å². The van der Waals surface area contributed by atoms with E-state index in [4.69, 9.17) is 5.11 Å². The molecule has 0 unspecified atom stereocenters. The van der Waals surface area contributed by atoms with Gasteiger partial charge >= 0.3 is 5.97 Å². The lowest BCUT2D eigenvalue weighted by Crippen LogP contribution is -2.45. The van der Waals surface area contributed by atoms with Crippen molar-refractivity contribution in [1.82, 2.24) is 15.1 Å². The van der Waals surface area contributed by atoms with Crippen LogP contribution in [0.5, 0.6) is 0 Å². The van der Waals surface area contributed by atoms with Crippen molar-refractivity contribution in [2.45, 2.75) is 24.9 Å². The molecule has 23 heavy (non-hydrogen) atoms. The van der Waals surface area contributed by atoms with Crippen molar-refractivity contribution in [3.8, 4) is 11.3 Å². The molecule has 0 bridgehead atoms. The molecule has 1 aliphatic rings. The van der Waals surface area contributed by atoms with Crippen molar-refractivity contribution in [3.05, 3.63) is 52.8 Å². The van der Waals surface area contributed by atoms with Gasteiger partial charge in [0.1, 0.15) is 12.1 Å². The molecule has 1 aliphatic carbocycles. The van der Waals surface area contributed by atoms with Crippen molar-refractivity contribution in [1.29, 1.82) is 0 Å². The van der Waals surface area contributed by atoms with Gasteiger partial charge in [-0.15, -0.1) is 0 Å². The Kier molecular flexibility index (Phi) is 3.69. The smallest absolute Gasteiger partial charge is 0.329 e. The molecule has 1 fully saturated rings. The minimum absolute atomic E-state index is 0.311. The van der Waals surface area contributed by atoms with Crippen molar-refractivity contribution in [2.24, 2.45) is 0 Å². The lowest BCUT2D eigenvalue weighted by Gasteiger charge is -2.13. The van der Waals surface area contributed by atoms with E-state index in [1.165, 1.54) is 6.07 Å². The Morgan fingerprint density at radius 1 is 1.17 bits per heavy atom. The fourth-order valence-corrected chi connectivity index (χ4v) is 2.28. The molecular weight excluding hydrogens is 298 g/mol. The number of carbonyl (C=O) groups is 2. The molecule has 1 amide bonds. The van der Waals surface area contributed by atoms with Crippen molar-refractivity contribution < 1.29 is 14.7 Å². The van der Waals surface area contributed by atoms with Crippen LogP contribution in [0.2, 0.25) is 0 Å². The third kappa shape index (κ3) is 3.13. The molecule has 1 aromatic carbocycles. The van der Waals surface area contributed by atoms with Gasteiger partial charge in [0.25, 0.3) is 5.56 Å². The number of aliphatic carboxylic acids is 1. The van der Waals surface area contributed by atoms with Gasteiger partial charge in [0.15, 0.2) is 0 Å². The van der Waals surface area contributed by atoms with Crippen LogP contribution in [0.15, 0.2) is 47.3 Å². The largest absolute Gasteiger partial charge is 0.480 e. The predicted octanol–water partition coefficient (Wildman–Crippen LogP) is 0.644. The van der Waals surface area contributed by atoms with E-state index in [1.807, 2.05) is 30.3 Å². The zero-order chi connectivity index (χ0) is 16.4.